The maximum absolute atomic E-state index is 11.1. The molecule has 0 amide bonds. The molecule has 1 atom stereocenters. The lowest BCUT2D eigenvalue weighted by atomic mass is 9.99. The van der Waals surface area contributed by atoms with E-state index in [1.54, 1.807) is 0 Å². The minimum Gasteiger partial charge on any atom is -0.366 e. The Hall–Kier alpha value is -1.07. The Balaban J connectivity index is 2.36. The number of nitrogens with one attached hydrogen (secondary N) is 3. The predicted molar refractivity (Wildman–Crippen MR) is 52.3 cm³/mol. The third kappa shape index (κ3) is 1.49. The Morgan fingerprint density at radius 3 is 2.71 bits per heavy atom. The van der Waals surface area contributed by atoms with E-state index in [9.17, 15) is 4.79 Å². The molecule has 1 aliphatic heterocycles. The number of morpholine rings is 1. The molecule has 0 aliphatic carbocycles. The summed E-state index contributed by atoms with van der Waals surface area (Å²) >= 11 is 0. The molecule has 5 nitrogen and oxygen atoms in total. The second-order valence-corrected chi connectivity index (χ2v) is 3.84. The third-order valence-corrected chi connectivity index (χ3v) is 2.61. The maximum atomic E-state index is 11.1. The number of hydrogen-bond donors (Lipinski definition) is 3. The van der Waals surface area contributed by atoms with Crippen molar-refractivity contribution in [2.45, 2.75) is 19.4 Å². The highest BCUT2D eigenvalue weighted by atomic mass is 16.5. The van der Waals surface area contributed by atoms with Crippen molar-refractivity contribution in [3.63, 3.8) is 0 Å². The van der Waals surface area contributed by atoms with Crippen LogP contribution in [-0.2, 0) is 10.3 Å². The van der Waals surface area contributed by atoms with Crippen molar-refractivity contribution in [2.75, 3.05) is 19.7 Å². The van der Waals surface area contributed by atoms with Crippen molar-refractivity contribution in [3.05, 3.63) is 21.9 Å². The van der Waals surface area contributed by atoms with Crippen LogP contribution in [0.25, 0.3) is 0 Å². The maximum Gasteiger partial charge on any atom is 0.323 e. The SMILES string of the molecule is Cc1[nH]c(=O)[nH]c1C1(C)CNCCO1. The highest BCUT2D eigenvalue weighted by molar-refractivity contribution is 5.18. The van der Waals surface area contributed by atoms with Crippen molar-refractivity contribution in [1.82, 2.24) is 15.3 Å². The lowest BCUT2D eigenvalue weighted by Crippen LogP contribution is -2.46. The molecule has 1 unspecified atom stereocenters. The van der Waals surface area contributed by atoms with E-state index in [2.05, 4.69) is 15.3 Å². The second-order valence-electron chi connectivity index (χ2n) is 3.84. The van der Waals surface area contributed by atoms with Crippen molar-refractivity contribution in [1.29, 1.82) is 0 Å². The molecule has 1 aromatic rings. The molecule has 0 radical (unpaired) electrons. The van der Waals surface area contributed by atoms with Gasteiger partial charge in [-0.25, -0.2) is 4.79 Å². The molecule has 1 aliphatic rings. The molecular weight excluding hydrogens is 182 g/mol. The summed E-state index contributed by atoms with van der Waals surface area (Å²) in [4.78, 5) is 16.6. The lowest BCUT2D eigenvalue weighted by molar-refractivity contribution is -0.0603. The van der Waals surface area contributed by atoms with E-state index in [4.69, 9.17) is 4.74 Å². The van der Waals surface area contributed by atoms with Crippen LogP contribution < -0.4 is 11.0 Å². The molecule has 5 heteroatoms. The molecule has 0 spiro atoms. The largest absolute Gasteiger partial charge is 0.366 e. The number of aromatic nitrogens is 2. The van der Waals surface area contributed by atoms with Gasteiger partial charge in [0.2, 0.25) is 0 Å². The molecule has 0 saturated carbocycles. The van der Waals surface area contributed by atoms with E-state index in [1.807, 2.05) is 13.8 Å². The summed E-state index contributed by atoms with van der Waals surface area (Å²) in [6, 6.07) is 0. The number of ether oxygens (including phenoxy) is 1. The first-order valence-electron chi connectivity index (χ1n) is 4.76. The average Bonchev–Trinajstić information content (AvgIpc) is 2.47. The van der Waals surface area contributed by atoms with Gasteiger partial charge in [0.1, 0.15) is 5.60 Å². The summed E-state index contributed by atoms with van der Waals surface area (Å²) in [5.41, 5.74) is 1.10. The Morgan fingerprint density at radius 2 is 2.21 bits per heavy atom. The van der Waals surface area contributed by atoms with E-state index in [0.717, 1.165) is 24.5 Å². The number of rotatable bonds is 1. The summed E-state index contributed by atoms with van der Waals surface area (Å²) in [5.74, 6) is 0. The minimum atomic E-state index is -0.415. The summed E-state index contributed by atoms with van der Waals surface area (Å²) in [5, 5.41) is 3.25. The summed E-state index contributed by atoms with van der Waals surface area (Å²) in [6.07, 6.45) is 0. The average molecular weight is 197 g/mol. The van der Waals surface area contributed by atoms with Gasteiger partial charge in [-0.15, -0.1) is 0 Å². The fourth-order valence-corrected chi connectivity index (χ4v) is 1.89. The van der Waals surface area contributed by atoms with Crippen LogP contribution in [0.2, 0.25) is 0 Å². The zero-order valence-electron chi connectivity index (χ0n) is 8.44. The van der Waals surface area contributed by atoms with Gasteiger partial charge in [0, 0.05) is 18.8 Å². The Labute approximate surface area is 81.9 Å². The molecule has 2 heterocycles. The summed E-state index contributed by atoms with van der Waals surface area (Å²) in [7, 11) is 0. The monoisotopic (exact) mass is 197 g/mol. The van der Waals surface area contributed by atoms with Crippen LogP contribution >= 0.6 is 0 Å². The van der Waals surface area contributed by atoms with Gasteiger partial charge in [-0.3, -0.25) is 0 Å². The highest BCUT2D eigenvalue weighted by Crippen LogP contribution is 2.25. The highest BCUT2D eigenvalue weighted by Gasteiger charge is 2.33. The van der Waals surface area contributed by atoms with E-state index in [-0.39, 0.29) is 5.69 Å². The zero-order chi connectivity index (χ0) is 10.2. The summed E-state index contributed by atoms with van der Waals surface area (Å²) in [6.45, 7) is 6.11. The fraction of sp³-hybridized carbons (Fsp3) is 0.667. The fourth-order valence-electron chi connectivity index (χ4n) is 1.89. The lowest BCUT2D eigenvalue weighted by Gasteiger charge is -2.33. The second kappa shape index (κ2) is 3.25. The smallest absolute Gasteiger partial charge is 0.323 e. The van der Waals surface area contributed by atoms with Crippen molar-refractivity contribution >= 4 is 0 Å². The molecule has 78 valence electrons. The van der Waals surface area contributed by atoms with Gasteiger partial charge in [-0.2, -0.15) is 0 Å². The van der Waals surface area contributed by atoms with Crippen molar-refractivity contribution < 1.29 is 4.74 Å². The Morgan fingerprint density at radius 1 is 1.43 bits per heavy atom. The number of H-pyrrole nitrogens is 2. The van der Waals surface area contributed by atoms with Crippen molar-refractivity contribution in [2.24, 2.45) is 0 Å². The van der Waals surface area contributed by atoms with Gasteiger partial charge in [0.05, 0.1) is 12.3 Å². The van der Waals surface area contributed by atoms with E-state index >= 15 is 0 Å². The van der Waals surface area contributed by atoms with Gasteiger partial charge >= 0.3 is 5.69 Å². The molecule has 1 aromatic heterocycles. The first-order valence-corrected chi connectivity index (χ1v) is 4.76. The summed E-state index contributed by atoms with van der Waals surface area (Å²) < 4.78 is 5.69. The van der Waals surface area contributed by atoms with Gasteiger partial charge in [-0.05, 0) is 13.8 Å². The van der Waals surface area contributed by atoms with E-state index in [1.165, 1.54) is 0 Å². The van der Waals surface area contributed by atoms with Crippen LogP contribution in [0.3, 0.4) is 0 Å². The minimum absolute atomic E-state index is 0.173. The standard InChI is InChI=1S/C9H15N3O2/c1-6-7(12-8(13)11-6)9(2)5-10-3-4-14-9/h10H,3-5H2,1-2H3,(H2,11,12,13). The molecule has 1 fully saturated rings. The molecule has 2 rings (SSSR count). The molecule has 3 N–H and O–H groups in total. The van der Waals surface area contributed by atoms with Gasteiger partial charge in [0.15, 0.2) is 0 Å². The van der Waals surface area contributed by atoms with Crippen LogP contribution in [-0.4, -0.2) is 29.7 Å². The van der Waals surface area contributed by atoms with Crippen LogP contribution in [0, 0.1) is 6.92 Å². The topological polar surface area (TPSA) is 69.9 Å². The Bertz CT molecular complexity index is 374. The van der Waals surface area contributed by atoms with Crippen molar-refractivity contribution in [3.8, 4) is 0 Å². The quantitative estimate of drug-likeness (QED) is 0.586. The van der Waals surface area contributed by atoms with Crippen LogP contribution in [0.1, 0.15) is 18.3 Å². The van der Waals surface area contributed by atoms with Crippen LogP contribution in [0.4, 0.5) is 0 Å². The Kier molecular flexibility index (Phi) is 2.20. The van der Waals surface area contributed by atoms with Gasteiger partial charge in [-0.1, -0.05) is 0 Å². The number of hydrogen-bond acceptors (Lipinski definition) is 3. The number of imidazole rings is 1. The van der Waals surface area contributed by atoms with Gasteiger partial charge < -0.3 is 20.0 Å². The molecule has 0 bridgehead atoms. The van der Waals surface area contributed by atoms with E-state index < -0.39 is 5.60 Å². The first kappa shape index (κ1) is 9.48. The normalized spacial score (nSPS) is 27.9. The third-order valence-electron chi connectivity index (χ3n) is 2.61. The first-order chi connectivity index (χ1) is 6.62. The van der Waals surface area contributed by atoms with Gasteiger partial charge in [0.25, 0.3) is 0 Å². The number of aryl methyl sites for hydroxylation is 1. The molecule has 14 heavy (non-hydrogen) atoms. The molecule has 0 aromatic carbocycles. The molecular formula is C9H15N3O2. The van der Waals surface area contributed by atoms with E-state index in [0.29, 0.717) is 6.61 Å². The zero-order valence-corrected chi connectivity index (χ0v) is 8.44. The van der Waals surface area contributed by atoms with Crippen LogP contribution in [0.15, 0.2) is 4.79 Å². The predicted octanol–water partition coefficient (Wildman–Crippen LogP) is -0.154. The molecule has 1 saturated heterocycles. The van der Waals surface area contributed by atoms with Crippen LogP contribution in [0.5, 0.6) is 0 Å². The number of aromatic amines is 2.